The highest BCUT2D eigenvalue weighted by Crippen LogP contribution is 2.26. The van der Waals surface area contributed by atoms with Gasteiger partial charge in [0.15, 0.2) is 0 Å². The second kappa shape index (κ2) is 8.16. The van der Waals surface area contributed by atoms with Crippen molar-refractivity contribution in [3.63, 3.8) is 0 Å². The van der Waals surface area contributed by atoms with Gasteiger partial charge in [-0.2, -0.15) is 0 Å². The molecule has 4 nitrogen and oxygen atoms in total. The third-order valence-corrected chi connectivity index (χ3v) is 5.67. The molecule has 0 unspecified atom stereocenters. The number of rotatable bonds is 6. The predicted molar refractivity (Wildman–Crippen MR) is 107 cm³/mol. The van der Waals surface area contributed by atoms with Crippen LogP contribution in [0.15, 0.2) is 35.7 Å². The molecule has 0 N–H and O–H groups in total. The molecule has 1 aromatic carbocycles. The molecule has 0 fully saturated rings. The average molecular weight is 389 g/mol. The maximum atomic E-state index is 12.8. The number of nitrogens with zero attached hydrogens (tertiary/aromatic N) is 2. The first-order valence-corrected chi connectivity index (χ1v) is 9.64. The third kappa shape index (κ3) is 3.90. The van der Waals surface area contributed by atoms with Crippen LogP contribution in [-0.4, -0.2) is 36.1 Å². The van der Waals surface area contributed by atoms with Gasteiger partial charge in [0.2, 0.25) is 0 Å². The van der Waals surface area contributed by atoms with Gasteiger partial charge in [-0.1, -0.05) is 29.8 Å². The summed E-state index contributed by atoms with van der Waals surface area (Å²) in [5.41, 5.74) is 4.06. The lowest BCUT2D eigenvalue weighted by Crippen LogP contribution is -2.33. The lowest BCUT2D eigenvalue weighted by Gasteiger charge is -2.22. The van der Waals surface area contributed by atoms with E-state index in [1.165, 1.54) is 16.9 Å². The first kappa shape index (κ1) is 18.8. The van der Waals surface area contributed by atoms with Crippen LogP contribution in [-0.2, 0) is 11.3 Å². The molecule has 2 aromatic heterocycles. The van der Waals surface area contributed by atoms with Gasteiger partial charge in [0.1, 0.15) is 5.15 Å². The average Bonchev–Trinajstić information content (AvgIpc) is 3.17. The van der Waals surface area contributed by atoms with E-state index in [1.807, 2.05) is 36.6 Å². The zero-order chi connectivity index (χ0) is 18.7. The quantitative estimate of drug-likeness (QED) is 0.566. The molecular formula is C20H21ClN2O2S. The molecule has 1 amide bonds. The van der Waals surface area contributed by atoms with Crippen molar-refractivity contribution < 1.29 is 9.53 Å². The highest BCUT2D eigenvalue weighted by Gasteiger charge is 2.19. The number of carbonyl (C=O) groups excluding carboxylic acids is 1. The lowest BCUT2D eigenvalue weighted by atomic mass is 10.0. The van der Waals surface area contributed by atoms with Crippen molar-refractivity contribution in [3.8, 4) is 0 Å². The highest BCUT2D eigenvalue weighted by atomic mass is 35.5. The van der Waals surface area contributed by atoms with Crippen molar-refractivity contribution in [2.75, 3.05) is 20.3 Å². The summed E-state index contributed by atoms with van der Waals surface area (Å²) in [7, 11) is 1.63. The Morgan fingerprint density at radius 1 is 1.31 bits per heavy atom. The second-order valence-corrected chi connectivity index (χ2v) is 7.52. The standard InChI is InChI=1S/C20H21ClN2O2S/c1-13-6-7-15-11-16(19(21)22-18(15)14(13)2)12-23(8-9-25-3)20(24)17-5-4-10-26-17/h4-7,10-11H,8-9,12H2,1-3H3. The van der Waals surface area contributed by atoms with Crippen molar-refractivity contribution in [2.45, 2.75) is 20.4 Å². The van der Waals surface area contributed by atoms with Gasteiger partial charge in [-0.15, -0.1) is 11.3 Å². The van der Waals surface area contributed by atoms with E-state index in [-0.39, 0.29) is 5.91 Å². The van der Waals surface area contributed by atoms with E-state index in [0.717, 1.165) is 22.0 Å². The summed E-state index contributed by atoms with van der Waals surface area (Å²) in [5, 5.41) is 3.37. The number of hydrogen-bond donors (Lipinski definition) is 0. The monoisotopic (exact) mass is 388 g/mol. The molecule has 136 valence electrons. The summed E-state index contributed by atoms with van der Waals surface area (Å²) in [4.78, 5) is 19.9. The molecule has 26 heavy (non-hydrogen) atoms. The Kier molecular flexibility index (Phi) is 5.91. The van der Waals surface area contributed by atoms with E-state index in [4.69, 9.17) is 16.3 Å². The molecular weight excluding hydrogens is 368 g/mol. The molecule has 0 radical (unpaired) electrons. The molecule has 0 aliphatic carbocycles. The van der Waals surface area contributed by atoms with E-state index in [1.54, 1.807) is 12.0 Å². The zero-order valence-corrected chi connectivity index (χ0v) is 16.7. The van der Waals surface area contributed by atoms with Crippen LogP contribution >= 0.6 is 22.9 Å². The predicted octanol–water partition coefficient (Wildman–Crippen LogP) is 4.86. The van der Waals surface area contributed by atoms with Gasteiger partial charge in [-0.3, -0.25) is 4.79 Å². The van der Waals surface area contributed by atoms with Gasteiger partial charge >= 0.3 is 0 Å². The fraction of sp³-hybridized carbons (Fsp3) is 0.300. The van der Waals surface area contributed by atoms with Crippen LogP contribution in [0.3, 0.4) is 0 Å². The van der Waals surface area contributed by atoms with Gasteiger partial charge in [0, 0.05) is 31.1 Å². The minimum atomic E-state index is -0.0201. The lowest BCUT2D eigenvalue weighted by molar-refractivity contribution is 0.0685. The number of aryl methyl sites for hydroxylation is 2. The number of amides is 1. The number of thiophene rings is 1. The smallest absolute Gasteiger partial charge is 0.264 e. The molecule has 6 heteroatoms. The summed E-state index contributed by atoms with van der Waals surface area (Å²) in [6.45, 7) is 5.47. The Morgan fingerprint density at radius 3 is 2.81 bits per heavy atom. The molecule has 0 saturated carbocycles. The van der Waals surface area contributed by atoms with E-state index in [2.05, 4.69) is 18.0 Å². The molecule has 3 aromatic rings. The molecule has 0 aliphatic heterocycles. The maximum absolute atomic E-state index is 12.8. The minimum absolute atomic E-state index is 0.0201. The van der Waals surface area contributed by atoms with Crippen molar-refractivity contribution in [1.82, 2.24) is 9.88 Å². The molecule has 3 rings (SSSR count). The minimum Gasteiger partial charge on any atom is -0.383 e. The van der Waals surface area contributed by atoms with Gasteiger partial charge in [-0.05, 0) is 42.5 Å². The fourth-order valence-corrected chi connectivity index (χ4v) is 3.72. The first-order chi connectivity index (χ1) is 12.5. The van der Waals surface area contributed by atoms with Gasteiger partial charge in [0.25, 0.3) is 5.91 Å². The van der Waals surface area contributed by atoms with Crippen LogP contribution in [0.5, 0.6) is 0 Å². The molecule has 0 atom stereocenters. The van der Waals surface area contributed by atoms with Crippen molar-refractivity contribution in [1.29, 1.82) is 0 Å². The number of hydrogen-bond acceptors (Lipinski definition) is 4. The largest absolute Gasteiger partial charge is 0.383 e. The van der Waals surface area contributed by atoms with E-state index < -0.39 is 0 Å². The van der Waals surface area contributed by atoms with Crippen molar-refractivity contribution in [2.24, 2.45) is 0 Å². The van der Waals surface area contributed by atoms with Gasteiger partial charge in [-0.25, -0.2) is 4.98 Å². The number of benzene rings is 1. The van der Waals surface area contributed by atoms with E-state index in [0.29, 0.717) is 29.7 Å². The van der Waals surface area contributed by atoms with E-state index >= 15 is 0 Å². The van der Waals surface area contributed by atoms with Crippen LogP contribution in [0.4, 0.5) is 0 Å². The molecule has 0 aliphatic rings. The van der Waals surface area contributed by atoms with Crippen molar-refractivity contribution >= 4 is 39.7 Å². The molecule has 2 heterocycles. The summed E-state index contributed by atoms with van der Waals surface area (Å²) < 4.78 is 5.17. The zero-order valence-electron chi connectivity index (χ0n) is 15.1. The number of carbonyl (C=O) groups is 1. The maximum Gasteiger partial charge on any atom is 0.264 e. The topological polar surface area (TPSA) is 42.4 Å². The first-order valence-electron chi connectivity index (χ1n) is 8.38. The van der Waals surface area contributed by atoms with Crippen LogP contribution in [0, 0.1) is 13.8 Å². The van der Waals surface area contributed by atoms with Crippen LogP contribution in [0.25, 0.3) is 10.9 Å². The number of aromatic nitrogens is 1. The number of methoxy groups -OCH3 is 1. The SMILES string of the molecule is COCCN(Cc1cc2ccc(C)c(C)c2nc1Cl)C(=O)c1cccs1. The summed E-state index contributed by atoms with van der Waals surface area (Å²) in [6.07, 6.45) is 0. The van der Waals surface area contributed by atoms with E-state index in [9.17, 15) is 4.79 Å². The summed E-state index contributed by atoms with van der Waals surface area (Å²) in [5.74, 6) is -0.0201. The second-order valence-electron chi connectivity index (χ2n) is 6.21. The Bertz CT molecular complexity index is 925. The molecule has 0 spiro atoms. The number of fused-ring (bicyclic) bond motifs is 1. The Morgan fingerprint density at radius 2 is 2.12 bits per heavy atom. The number of pyridine rings is 1. The molecule has 0 saturated heterocycles. The number of ether oxygens (including phenoxy) is 1. The van der Waals surface area contributed by atoms with Crippen LogP contribution in [0.2, 0.25) is 5.15 Å². The number of halogens is 1. The Hall–Kier alpha value is -1.95. The van der Waals surface area contributed by atoms with Crippen LogP contribution < -0.4 is 0 Å². The fourth-order valence-electron chi connectivity index (χ4n) is 2.83. The Labute approximate surface area is 162 Å². The van der Waals surface area contributed by atoms with Crippen molar-refractivity contribution in [3.05, 3.63) is 62.4 Å². The normalized spacial score (nSPS) is 11.1. The Balaban J connectivity index is 1.94. The highest BCUT2D eigenvalue weighted by molar-refractivity contribution is 7.12. The molecule has 0 bridgehead atoms. The third-order valence-electron chi connectivity index (χ3n) is 4.48. The van der Waals surface area contributed by atoms with Gasteiger partial charge < -0.3 is 9.64 Å². The summed E-state index contributed by atoms with van der Waals surface area (Å²) in [6, 6.07) is 9.86. The van der Waals surface area contributed by atoms with Gasteiger partial charge in [0.05, 0.1) is 17.0 Å². The van der Waals surface area contributed by atoms with Crippen LogP contribution in [0.1, 0.15) is 26.4 Å². The summed E-state index contributed by atoms with van der Waals surface area (Å²) >= 11 is 7.89.